The summed E-state index contributed by atoms with van der Waals surface area (Å²) in [5.74, 6) is 0.519. The van der Waals surface area contributed by atoms with E-state index in [1.807, 2.05) is 26.8 Å². The number of carbonyl (C=O) groups is 2. The number of nitrogens with zero attached hydrogens (tertiary/aromatic N) is 1. The normalized spacial score (nSPS) is 22.2. The molecule has 1 aliphatic carbocycles. The summed E-state index contributed by atoms with van der Waals surface area (Å²) in [6.07, 6.45) is 3.15. The van der Waals surface area contributed by atoms with Gasteiger partial charge in [-0.05, 0) is 87.7 Å². The third-order valence-corrected chi connectivity index (χ3v) is 8.04. The molecule has 0 saturated carbocycles. The molecule has 0 aromatic heterocycles. The molecule has 200 valence electrons. The van der Waals surface area contributed by atoms with Crippen LogP contribution in [0.4, 0.5) is 4.39 Å². The number of carbonyl (C=O) groups excluding carboxylic acids is 2. The zero-order valence-electron chi connectivity index (χ0n) is 22.3. The van der Waals surface area contributed by atoms with E-state index in [4.69, 9.17) is 14.2 Å². The highest BCUT2D eigenvalue weighted by atomic mass is 19.1. The highest BCUT2D eigenvalue weighted by Crippen LogP contribution is 2.46. The number of rotatable bonds is 10. The Morgan fingerprint density at radius 2 is 2.03 bits per heavy atom. The van der Waals surface area contributed by atoms with Crippen LogP contribution < -0.4 is 4.74 Å². The van der Waals surface area contributed by atoms with Gasteiger partial charge in [0.15, 0.2) is 0 Å². The lowest BCUT2D eigenvalue weighted by molar-refractivity contribution is -0.148. The second-order valence-electron chi connectivity index (χ2n) is 10.3. The van der Waals surface area contributed by atoms with Crippen molar-refractivity contribution in [1.82, 2.24) is 4.90 Å². The Morgan fingerprint density at radius 3 is 2.76 bits per heavy atom. The van der Waals surface area contributed by atoms with Crippen molar-refractivity contribution in [2.45, 2.75) is 72.1 Å². The van der Waals surface area contributed by atoms with Crippen molar-refractivity contribution in [3.05, 3.63) is 64.0 Å². The molecule has 2 aromatic rings. The summed E-state index contributed by atoms with van der Waals surface area (Å²) in [6.45, 7) is 10.7. The van der Waals surface area contributed by atoms with E-state index in [2.05, 4.69) is 11.8 Å². The van der Waals surface area contributed by atoms with Crippen LogP contribution in [-0.4, -0.2) is 43.1 Å². The quantitative estimate of drug-likeness (QED) is 0.312. The van der Waals surface area contributed by atoms with Gasteiger partial charge in [0.2, 0.25) is 0 Å². The molecule has 1 heterocycles. The Balaban J connectivity index is 1.57. The highest BCUT2D eigenvalue weighted by Gasteiger charge is 2.40. The van der Waals surface area contributed by atoms with Gasteiger partial charge in [0.05, 0.1) is 6.61 Å². The molecule has 37 heavy (non-hydrogen) atoms. The molecule has 7 heteroatoms. The van der Waals surface area contributed by atoms with Gasteiger partial charge in [-0.3, -0.25) is 14.5 Å². The minimum atomic E-state index is -0.407. The number of ether oxygens (including phenoxy) is 3. The van der Waals surface area contributed by atoms with Gasteiger partial charge in [-0.2, -0.15) is 0 Å². The molecule has 4 rings (SSSR count). The average Bonchev–Trinajstić information content (AvgIpc) is 3.34. The van der Waals surface area contributed by atoms with Crippen LogP contribution in [0.15, 0.2) is 30.3 Å². The topological polar surface area (TPSA) is 65.1 Å². The maximum absolute atomic E-state index is 14.2. The highest BCUT2D eigenvalue weighted by molar-refractivity contribution is 5.76. The van der Waals surface area contributed by atoms with Crippen LogP contribution in [-0.2, 0) is 32.1 Å². The van der Waals surface area contributed by atoms with Crippen LogP contribution in [0.1, 0.15) is 67.0 Å². The van der Waals surface area contributed by atoms with Crippen LogP contribution in [0, 0.1) is 31.5 Å². The standard InChI is InChI=1S/C30H38FNO5/c1-5-35-30(34)26-11-8-14-32(26)16-20(3)24-13-12-23-19(2)15-27(21(4)28(23)29(24)37-18-33)36-17-22-9-6-7-10-25(22)31/h6-7,9-10,15,18,20,24,26,29H,5,8,11-14,16-17H2,1-4H3/t20?,24?,26-,29-/m1/s1. The fraction of sp³-hybridized carbons (Fsp3) is 0.533. The fourth-order valence-corrected chi connectivity index (χ4v) is 6.14. The Morgan fingerprint density at radius 1 is 1.24 bits per heavy atom. The Labute approximate surface area is 219 Å². The number of fused-ring (bicyclic) bond motifs is 1. The SMILES string of the molecule is CCOC(=O)[C@H]1CCCN1CC(C)C1CCc2c(C)cc(OCc3ccccc3F)c(C)c2[C@@H]1OC=O. The first-order valence-corrected chi connectivity index (χ1v) is 13.3. The first-order valence-electron chi connectivity index (χ1n) is 13.3. The van der Waals surface area contributed by atoms with Crippen LogP contribution in [0.3, 0.4) is 0 Å². The molecular formula is C30H38FNO5. The predicted octanol–water partition coefficient (Wildman–Crippen LogP) is 5.46. The Hall–Kier alpha value is -2.93. The molecule has 2 aliphatic rings. The van der Waals surface area contributed by atoms with Crippen LogP contribution in [0.25, 0.3) is 0 Å². The minimum absolute atomic E-state index is 0.0982. The second kappa shape index (κ2) is 12.1. The largest absolute Gasteiger partial charge is 0.489 e. The molecule has 1 fully saturated rings. The Bertz CT molecular complexity index is 1120. The fourth-order valence-electron chi connectivity index (χ4n) is 6.14. The number of halogens is 1. The van der Waals surface area contributed by atoms with Crippen molar-refractivity contribution in [1.29, 1.82) is 0 Å². The van der Waals surface area contributed by atoms with Gasteiger partial charge in [-0.15, -0.1) is 0 Å². The third-order valence-electron chi connectivity index (χ3n) is 8.04. The minimum Gasteiger partial charge on any atom is -0.489 e. The van der Waals surface area contributed by atoms with Gasteiger partial charge >= 0.3 is 5.97 Å². The number of aryl methyl sites for hydroxylation is 1. The van der Waals surface area contributed by atoms with Crippen molar-refractivity contribution in [3.63, 3.8) is 0 Å². The lowest BCUT2D eigenvalue weighted by atomic mass is 9.72. The molecule has 1 aliphatic heterocycles. The summed E-state index contributed by atoms with van der Waals surface area (Å²) in [6, 6.07) is 8.40. The van der Waals surface area contributed by atoms with Crippen LogP contribution in [0.5, 0.6) is 5.75 Å². The number of esters is 1. The van der Waals surface area contributed by atoms with E-state index < -0.39 is 6.10 Å². The molecule has 0 radical (unpaired) electrons. The molecule has 0 amide bonds. The van der Waals surface area contributed by atoms with Gasteiger partial charge in [0, 0.05) is 23.6 Å². The van der Waals surface area contributed by atoms with Crippen molar-refractivity contribution in [2.24, 2.45) is 11.8 Å². The van der Waals surface area contributed by atoms with Gasteiger partial charge in [-0.25, -0.2) is 4.39 Å². The van der Waals surface area contributed by atoms with E-state index >= 15 is 0 Å². The number of likely N-dealkylation sites (tertiary alicyclic amines) is 1. The number of hydrogen-bond acceptors (Lipinski definition) is 6. The van der Waals surface area contributed by atoms with Crippen molar-refractivity contribution in [2.75, 3.05) is 19.7 Å². The monoisotopic (exact) mass is 511 g/mol. The molecule has 0 N–H and O–H groups in total. The first kappa shape index (κ1) is 27.1. The summed E-state index contributed by atoms with van der Waals surface area (Å²) in [4.78, 5) is 26.4. The maximum atomic E-state index is 14.2. The molecule has 4 atom stereocenters. The van der Waals surface area contributed by atoms with Gasteiger partial charge in [-0.1, -0.05) is 25.1 Å². The van der Waals surface area contributed by atoms with Crippen LogP contribution >= 0.6 is 0 Å². The average molecular weight is 512 g/mol. The number of benzene rings is 2. The van der Waals surface area contributed by atoms with E-state index in [1.54, 1.807) is 18.2 Å². The summed E-state index contributed by atoms with van der Waals surface area (Å²) in [5, 5.41) is 0. The van der Waals surface area contributed by atoms with Gasteiger partial charge in [0.25, 0.3) is 6.47 Å². The smallest absolute Gasteiger partial charge is 0.323 e. The molecule has 2 aromatic carbocycles. The van der Waals surface area contributed by atoms with Crippen molar-refractivity contribution >= 4 is 12.4 Å². The van der Waals surface area contributed by atoms with E-state index in [0.29, 0.717) is 24.4 Å². The molecule has 0 spiro atoms. The zero-order valence-corrected chi connectivity index (χ0v) is 22.3. The maximum Gasteiger partial charge on any atom is 0.323 e. The Kier molecular flexibility index (Phi) is 8.85. The van der Waals surface area contributed by atoms with Crippen LogP contribution in [0.2, 0.25) is 0 Å². The lowest BCUT2D eigenvalue weighted by Crippen LogP contribution is -2.42. The molecule has 1 saturated heterocycles. The number of hydrogen-bond donors (Lipinski definition) is 0. The molecule has 2 unspecified atom stereocenters. The summed E-state index contributed by atoms with van der Waals surface area (Å²) in [5.41, 5.74) is 4.69. The third kappa shape index (κ3) is 5.82. The molecular weight excluding hydrogens is 473 g/mol. The van der Waals surface area contributed by atoms with Crippen molar-refractivity contribution in [3.8, 4) is 5.75 Å². The summed E-state index contributed by atoms with van der Waals surface area (Å²) in [7, 11) is 0. The van der Waals surface area contributed by atoms with Gasteiger partial charge in [0.1, 0.15) is 30.3 Å². The predicted molar refractivity (Wildman–Crippen MR) is 139 cm³/mol. The van der Waals surface area contributed by atoms with E-state index in [-0.39, 0.29) is 36.3 Å². The van der Waals surface area contributed by atoms with Crippen molar-refractivity contribution < 1.29 is 28.2 Å². The van der Waals surface area contributed by atoms with E-state index in [1.165, 1.54) is 11.6 Å². The van der Waals surface area contributed by atoms with E-state index in [9.17, 15) is 14.0 Å². The molecule has 6 nitrogen and oxygen atoms in total. The first-order chi connectivity index (χ1) is 17.8. The summed E-state index contributed by atoms with van der Waals surface area (Å²) < 4.78 is 31.4. The van der Waals surface area contributed by atoms with E-state index in [0.717, 1.165) is 55.5 Å². The zero-order chi connectivity index (χ0) is 26.5. The van der Waals surface area contributed by atoms with Gasteiger partial charge < -0.3 is 14.2 Å². The summed E-state index contributed by atoms with van der Waals surface area (Å²) >= 11 is 0. The second-order valence-corrected chi connectivity index (χ2v) is 10.3. The lowest BCUT2D eigenvalue weighted by Gasteiger charge is -2.39. The molecule has 0 bridgehead atoms.